The fourth-order valence-corrected chi connectivity index (χ4v) is 3.39. The summed E-state index contributed by atoms with van der Waals surface area (Å²) in [5, 5.41) is 0. The molecule has 0 saturated heterocycles. The average Bonchev–Trinajstić information content (AvgIpc) is 3.03. The highest BCUT2D eigenvalue weighted by atomic mass is 16.6. The zero-order valence-electron chi connectivity index (χ0n) is 15.7. The molecule has 1 aliphatic rings. The second kappa shape index (κ2) is 6.91. The van der Waals surface area contributed by atoms with Crippen LogP contribution in [0.5, 0.6) is 11.8 Å². The minimum absolute atomic E-state index is 0.157. The molecule has 0 fully saturated rings. The van der Waals surface area contributed by atoms with Gasteiger partial charge in [0.1, 0.15) is 12.4 Å². The molecule has 4 rings (SSSR count). The molecular formula is C22H22N2O3. The molecule has 0 radical (unpaired) electrons. The normalized spacial score (nSPS) is 15.3. The highest BCUT2D eigenvalue weighted by molar-refractivity contribution is 5.71. The maximum absolute atomic E-state index is 11.6. The molecule has 0 aliphatic carbocycles. The second-order valence-corrected chi connectivity index (χ2v) is 7.01. The van der Waals surface area contributed by atoms with Crippen LogP contribution in [0.1, 0.15) is 16.7 Å². The van der Waals surface area contributed by atoms with Gasteiger partial charge in [0.15, 0.2) is 6.10 Å². The van der Waals surface area contributed by atoms with Crippen molar-refractivity contribution in [2.75, 3.05) is 6.61 Å². The van der Waals surface area contributed by atoms with Gasteiger partial charge in [-0.2, -0.15) is 4.98 Å². The van der Waals surface area contributed by atoms with E-state index in [-0.39, 0.29) is 11.7 Å². The minimum atomic E-state index is -0.245. The van der Waals surface area contributed by atoms with Crippen LogP contribution in [0, 0.1) is 20.8 Å². The van der Waals surface area contributed by atoms with Crippen LogP contribution >= 0.6 is 0 Å². The Labute approximate surface area is 158 Å². The molecule has 0 amide bonds. The quantitative estimate of drug-likeness (QED) is 0.710. The van der Waals surface area contributed by atoms with Crippen LogP contribution in [0.2, 0.25) is 0 Å². The molecule has 1 aliphatic heterocycles. The van der Waals surface area contributed by atoms with Crippen molar-refractivity contribution in [3.63, 3.8) is 0 Å². The van der Waals surface area contributed by atoms with Crippen LogP contribution in [0.4, 0.5) is 0 Å². The number of hydrogen-bond acceptors (Lipinski definition) is 4. The first-order valence-electron chi connectivity index (χ1n) is 9.05. The van der Waals surface area contributed by atoms with Crippen molar-refractivity contribution in [3.8, 4) is 22.9 Å². The fraction of sp³-hybridized carbons (Fsp3) is 0.273. The van der Waals surface area contributed by atoms with Crippen molar-refractivity contribution in [2.24, 2.45) is 0 Å². The molecule has 138 valence electrons. The van der Waals surface area contributed by atoms with Gasteiger partial charge in [-0.3, -0.25) is 9.36 Å². The summed E-state index contributed by atoms with van der Waals surface area (Å²) < 4.78 is 13.5. The van der Waals surface area contributed by atoms with Crippen molar-refractivity contribution in [2.45, 2.75) is 33.4 Å². The number of aromatic nitrogens is 2. The number of hydrogen-bond donors (Lipinski definition) is 0. The Morgan fingerprint density at radius 1 is 1.07 bits per heavy atom. The lowest BCUT2D eigenvalue weighted by Gasteiger charge is -2.14. The summed E-state index contributed by atoms with van der Waals surface area (Å²) >= 11 is 0. The molecular weight excluding hydrogens is 340 g/mol. The summed E-state index contributed by atoms with van der Waals surface area (Å²) in [6, 6.07) is 14.9. The first-order chi connectivity index (χ1) is 13.0. The standard InChI is InChI=1S/C22H22N2O3/c1-14-6-4-5-7-19(14)20-9-8-17(10-15(20)2)26-13-18-12-24-11-16(3)21(25)23-22(24)27-18/h4-11,18H,12-13H2,1-3H3/t18-/m0/s1. The highest BCUT2D eigenvalue weighted by Crippen LogP contribution is 2.29. The summed E-state index contributed by atoms with van der Waals surface area (Å²) in [6.07, 6.45) is 1.63. The highest BCUT2D eigenvalue weighted by Gasteiger charge is 2.24. The maximum Gasteiger partial charge on any atom is 0.300 e. The summed E-state index contributed by atoms with van der Waals surface area (Å²) in [6.45, 7) is 7.00. The van der Waals surface area contributed by atoms with Gasteiger partial charge in [0.25, 0.3) is 11.6 Å². The molecule has 27 heavy (non-hydrogen) atoms. The van der Waals surface area contributed by atoms with Crippen LogP contribution < -0.4 is 15.0 Å². The molecule has 1 atom stereocenters. The van der Waals surface area contributed by atoms with E-state index in [4.69, 9.17) is 9.47 Å². The maximum atomic E-state index is 11.6. The Hall–Kier alpha value is -3.08. The lowest BCUT2D eigenvalue weighted by Crippen LogP contribution is -2.23. The zero-order chi connectivity index (χ0) is 19.0. The average molecular weight is 362 g/mol. The van der Waals surface area contributed by atoms with Gasteiger partial charge in [-0.25, -0.2) is 0 Å². The van der Waals surface area contributed by atoms with Crippen molar-refractivity contribution in [1.29, 1.82) is 0 Å². The molecule has 5 nitrogen and oxygen atoms in total. The monoisotopic (exact) mass is 362 g/mol. The van der Waals surface area contributed by atoms with Crippen molar-refractivity contribution in [3.05, 3.63) is 75.7 Å². The van der Waals surface area contributed by atoms with Crippen molar-refractivity contribution < 1.29 is 9.47 Å². The van der Waals surface area contributed by atoms with E-state index in [1.807, 2.05) is 10.6 Å². The Bertz CT molecular complexity index is 1060. The summed E-state index contributed by atoms with van der Waals surface area (Å²) in [5.74, 6) is 0.808. The number of rotatable bonds is 4. The predicted octanol–water partition coefficient (Wildman–Crippen LogP) is 3.68. The van der Waals surface area contributed by atoms with Crippen LogP contribution in [0.3, 0.4) is 0 Å². The molecule has 0 spiro atoms. The van der Waals surface area contributed by atoms with Crippen LogP contribution in [0.15, 0.2) is 53.5 Å². The number of fused-ring (bicyclic) bond motifs is 1. The molecule has 2 heterocycles. The number of aryl methyl sites for hydroxylation is 3. The molecule has 5 heteroatoms. The van der Waals surface area contributed by atoms with Crippen LogP contribution in [-0.2, 0) is 6.54 Å². The molecule has 0 unspecified atom stereocenters. The smallest absolute Gasteiger partial charge is 0.300 e. The van der Waals surface area contributed by atoms with Gasteiger partial charge in [-0.05, 0) is 55.2 Å². The Morgan fingerprint density at radius 3 is 2.63 bits per heavy atom. The molecule has 1 aromatic heterocycles. The van der Waals surface area contributed by atoms with Gasteiger partial charge in [0.2, 0.25) is 0 Å². The molecule has 3 aromatic rings. The second-order valence-electron chi connectivity index (χ2n) is 7.01. The van der Waals surface area contributed by atoms with Gasteiger partial charge in [0.05, 0.1) is 6.54 Å². The first kappa shape index (κ1) is 17.3. The summed E-state index contributed by atoms with van der Waals surface area (Å²) in [4.78, 5) is 15.6. The SMILES string of the molecule is Cc1ccccc1-c1ccc(OC[C@@H]2Cn3cc(C)c(=O)nc3O2)cc1C. The predicted molar refractivity (Wildman–Crippen MR) is 104 cm³/mol. The largest absolute Gasteiger partial charge is 0.490 e. The van der Waals surface area contributed by atoms with E-state index < -0.39 is 0 Å². The third-order valence-electron chi connectivity index (χ3n) is 4.87. The van der Waals surface area contributed by atoms with Crippen LogP contribution in [0.25, 0.3) is 11.1 Å². The molecule has 0 N–H and O–H groups in total. The molecule has 0 saturated carbocycles. The minimum Gasteiger partial charge on any atom is -0.490 e. The third kappa shape index (κ3) is 3.45. The van der Waals surface area contributed by atoms with Gasteiger partial charge in [0, 0.05) is 11.8 Å². The van der Waals surface area contributed by atoms with E-state index in [2.05, 4.69) is 55.2 Å². The number of benzene rings is 2. The summed E-state index contributed by atoms with van der Waals surface area (Å²) in [7, 11) is 0. The van der Waals surface area contributed by atoms with Crippen molar-refractivity contribution in [1.82, 2.24) is 9.55 Å². The van der Waals surface area contributed by atoms with Gasteiger partial charge in [-0.15, -0.1) is 0 Å². The van der Waals surface area contributed by atoms with Gasteiger partial charge in [-0.1, -0.05) is 30.3 Å². The van der Waals surface area contributed by atoms with E-state index in [1.165, 1.54) is 22.3 Å². The fourth-order valence-electron chi connectivity index (χ4n) is 3.39. The Morgan fingerprint density at radius 2 is 1.85 bits per heavy atom. The molecule has 0 bridgehead atoms. The Kier molecular flexibility index (Phi) is 4.44. The van der Waals surface area contributed by atoms with Crippen molar-refractivity contribution >= 4 is 0 Å². The number of ether oxygens (including phenoxy) is 2. The Balaban J connectivity index is 1.45. The van der Waals surface area contributed by atoms with E-state index in [1.54, 1.807) is 13.1 Å². The van der Waals surface area contributed by atoms with E-state index in [9.17, 15) is 4.79 Å². The lowest BCUT2D eigenvalue weighted by molar-refractivity contribution is 0.143. The third-order valence-corrected chi connectivity index (χ3v) is 4.87. The molecule has 2 aromatic carbocycles. The summed E-state index contributed by atoms with van der Waals surface area (Å²) in [5.41, 5.74) is 5.24. The first-order valence-corrected chi connectivity index (χ1v) is 9.05. The van der Waals surface area contributed by atoms with E-state index in [0.29, 0.717) is 24.7 Å². The number of nitrogens with zero attached hydrogens (tertiary/aromatic N) is 2. The van der Waals surface area contributed by atoms with Gasteiger partial charge < -0.3 is 9.47 Å². The zero-order valence-corrected chi connectivity index (χ0v) is 15.7. The van der Waals surface area contributed by atoms with E-state index in [0.717, 1.165) is 5.75 Å². The lowest BCUT2D eigenvalue weighted by atomic mass is 9.97. The topological polar surface area (TPSA) is 53.4 Å². The van der Waals surface area contributed by atoms with Crippen LogP contribution in [-0.4, -0.2) is 22.3 Å². The van der Waals surface area contributed by atoms with E-state index >= 15 is 0 Å². The van der Waals surface area contributed by atoms with Gasteiger partial charge >= 0.3 is 0 Å².